The van der Waals surface area contributed by atoms with Crippen molar-refractivity contribution in [1.29, 1.82) is 0 Å². The Labute approximate surface area is 140 Å². The van der Waals surface area contributed by atoms with E-state index in [1.165, 1.54) is 0 Å². The van der Waals surface area contributed by atoms with E-state index < -0.39 is 0 Å². The van der Waals surface area contributed by atoms with Gasteiger partial charge in [-0.15, -0.1) is 11.3 Å². The van der Waals surface area contributed by atoms with Gasteiger partial charge in [0, 0.05) is 17.0 Å². The number of urea groups is 1. The first kappa shape index (κ1) is 17.0. The predicted molar refractivity (Wildman–Crippen MR) is 92.8 cm³/mol. The Balaban J connectivity index is 1.84. The van der Waals surface area contributed by atoms with Crippen LogP contribution in [-0.2, 0) is 13.1 Å². The summed E-state index contributed by atoms with van der Waals surface area (Å²) in [6.45, 7) is 8.87. The van der Waals surface area contributed by atoms with E-state index in [4.69, 9.17) is 4.74 Å². The fourth-order valence-electron chi connectivity index (χ4n) is 2.08. The van der Waals surface area contributed by atoms with Crippen molar-refractivity contribution in [3.05, 3.63) is 58.1 Å². The lowest BCUT2D eigenvalue weighted by Gasteiger charge is -2.11. The number of hydrogen-bond acceptors (Lipinski definition) is 4. The van der Waals surface area contributed by atoms with Crippen molar-refractivity contribution in [2.75, 3.05) is 6.61 Å². The Kier molecular flexibility index (Phi) is 6.17. The fourth-order valence-corrected chi connectivity index (χ4v) is 2.95. The molecule has 0 unspecified atom stereocenters. The maximum absolute atomic E-state index is 11.9. The normalized spacial score (nSPS) is 10.2. The maximum Gasteiger partial charge on any atom is 0.315 e. The zero-order valence-corrected chi connectivity index (χ0v) is 14.2. The molecule has 23 heavy (non-hydrogen) atoms. The van der Waals surface area contributed by atoms with Gasteiger partial charge >= 0.3 is 6.03 Å². The van der Waals surface area contributed by atoms with Crippen LogP contribution in [0.2, 0.25) is 0 Å². The number of carbonyl (C=O) groups is 1. The number of carbonyl (C=O) groups excluding carboxylic acids is 1. The summed E-state index contributed by atoms with van der Waals surface area (Å²) in [5.41, 5.74) is 1.89. The van der Waals surface area contributed by atoms with Crippen LogP contribution in [0.3, 0.4) is 0 Å². The van der Waals surface area contributed by atoms with E-state index in [0.717, 1.165) is 26.9 Å². The molecule has 5 nitrogen and oxygen atoms in total. The van der Waals surface area contributed by atoms with Crippen LogP contribution in [0.1, 0.15) is 21.1 Å². The summed E-state index contributed by atoms with van der Waals surface area (Å²) < 4.78 is 5.57. The van der Waals surface area contributed by atoms with Crippen molar-refractivity contribution in [3.63, 3.8) is 0 Å². The quantitative estimate of drug-likeness (QED) is 0.765. The third kappa shape index (κ3) is 5.10. The summed E-state index contributed by atoms with van der Waals surface area (Å²) in [5, 5.41) is 6.70. The number of benzene rings is 1. The molecule has 1 aromatic carbocycles. The van der Waals surface area contributed by atoms with Crippen molar-refractivity contribution in [2.45, 2.75) is 26.9 Å². The van der Waals surface area contributed by atoms with Gasteiger partial charge in [-0.05, 0) is 19.9 Å². The minimum Gasteiger partial charge on any atom is -0.489 e. The highest BCUT2D eigenvalue weighted by Gasteiger charge is 2.08. The van der Waals surface area contributed by atoms with Gasteiger partial charge in [-0.3, -0.25) is 0 Å². The van der Waals surface area contributed by atoms with E-state index in [9.17, 15) is 4.79 Å². The van der Waals surface area contributed by atoms with Gasteiger partial charge in [0.25, 0.3) is 0 Å². The average molecular weight is 331 g/mol. The summed E-state index contributed by atoms with van der Waals surface area (Å²) in [4.78, 5) is 17.4. The van der Waals surface area contributed by atoms with Crippen LogP contribution in [0.5, 0.6) is 5.75 Å². The van der Waals surface area contributed by atoms with E-state index in [0.29, 0.717) is 19.7 Å². The van der Waals surface area contributed by atoms with E-state index in [1.54, 1.807) is 17.4 Å². The SMILES string of the molecule is C=CCOc1ccccc1CNC(=O)NCc1sc(C)nc1C. The Bertz CT molecular complexity index is 682. The van der Waals surface area contributed by atoms with Crippen LogP contribution in [0.4, 0.5) is 4.79 Å². The molecule has 1 heterocycles. The largest absolute Gasteiger partial charge is 0.489 e. The van der Waals surface area contributed by atoms with E-state index in [2.05, 4.69) is 22.2 Å². The molecule has 122 valence electrons. The smallest absolute Gasteiger partial charge is 0.315 e. The van der Waals surface area contributed by atoms with Crippen LogP contribution in [0.25, 0.3) is 0 Å². The zero-order chi connectivity index (χ0) is 16.7. The number of aryl methyl sites for hydroxylation is 2. The van der Waals surface area contributed by atoms with Crippen molar-refractivity contribution >= 4 is 17.4 Å². The molecule has 0 radical (unpaired) electrons. The molecule has 0 atom stereocenters. The molecule has 2 amide bonds. The number of thiazole rings is 1. The van der Waals surface area contributed by atoms with E-state index in [1.807, 2.05) is 38.1 Å². The maximum atomic E-state index is 11.9. The molecule has 2 aromatic rings. The molecule has 6 heteroatoms. The van der Waals surface area contributed by atoms with E-state index in [-0.39, 0.29) is 6.03 Å². The molecular formula is C17H21N3O2S. The molecule has 0 aliphatic heterocycles. The second-order valence-corrected chi connectivity index (χ2v) is 6.27. The third-order valence-corrected chi connectivity index (χ3v) is 4.25. The van der Waals surface area contributed by atoms with Crippen molar-refractivity contribution < 1.29 is 9.53 Å². The zero-order valence-electron chi connectivity index (χ0n) is 13.4. The lowest BCUT2D eigenvalue weighted by molar-refractivity contribution is 0.240. The summed E-state index contributed by atoms with van der Waals surface area (Å²) in [6.07, 6.45) is 1.69. The predicted octanol–water partition coefficient (Wildman–Crippen LogP) is 3.32. The average Bonchev–Trinajstić information content (AvgIpc) is 2.87. The highest BCUT2D eigenvalue weighted by Crippen LogP contribution is 2.18. The fraction of sp³-hybridized carbons (Fsp3) is 0.294. The van der Waals surface area contributed by atoms with Gasteiger partial charge in [-0.2, -0.15) is 0 Å². The van der Waals surface area contributed by atoms with Gasteiger partial charge < -0.3 is 15.4 Å². The second-order valence-electron chi connectivity index (χ2n) is 4.99. The first-order valence-corrected chi connectivity index (χ1v) is 8.18. The number of hydrogen-bond donors (Lipinski definition) is 2. The molecule has 0 aliphatic carbocycles. The monoisotopic (exact) mass is 331 g/mol. The summed E-state index contributed by atoms with van der Waals surface area (Å²) in [7, 11) is 0. The summed E-state index contributed by atoms with van der Waals surface area (Å²) in [6, 6.07) is 7.40. The lowest BCUT2D eigenvalue weighted by Crippen LogP contribution is -2.34. The van der Waals surface area contributed by atoms with Crippen molar-refractivity contribution in [2.24, 2.45) is 0 Å². The van der Waals surface area contributed by atoms with Crippen LogP contribution >= 0.6 is 11.3 Å². The van der Waals surface area contributed by atoms with Crippen LogP contribution in [0.15, 0.2) is 36.9 Å². The molecule has 0 fully saturated rings. The van der Waals surface area contributed by atoms with E-state index >= 15 is 0 Å². The van der Waals surface area contributed by atoms with Gasteiger partial charge in [0.05, 0.1) is 17.2 Å². The van der Waals surface area contributed by atoms with Crippen LogP contribution < -0.4 is 15.4 Å². The topological polar surface area (TPSA) is 63.2 Å². The molecule has 2 N–H and O–H groups in total. The first-order valence-electron chi connectivity index (χ1n) is 7.36. The standard InChI is InChI=1S/C17H21N3O2S/c1-4-9-22-15-8-6-5-7-14(15)10-18-17(21)19-11-16-12(2)20-13(3)23-16/h4-8H,1,9-11H2,2-3H3,(H2,18,19,21). The molecule has 0 saturated heterocycles. The minimum absolute atomic E-state index is 0.214. The number of rotatable bonds is 7. The second kappa shape index (κ2) is 8.33. The van der Waals surface area contributed by atoms with Crippen molar-refractivity contribution in [1.82, 2.24) is 15.6 Å². The van der Waals surface area contributed by atoms with Gasteiger partial charge in [0.15, 0.2) is 0 Å². The third-order valence-electron chi connectivity index (χ3n) is 3.18. The first-order chi connectivity index (χ1) is 11.1. The van der Waals surface area contributed by atoms with Crippen molar-refractivity contribution in [3.8, 4) is 5.75 Å². The van der Waals surface area contributed by atoms with Gasteiger partial charge in [0.1, 0.15) is 12.4 Å². The molecule has 0 bridgehead atoms. The van der Waals surface area contributed by atoms with Crippen LogP contribution in [-0.4, -0.2) is 17.6 Å². The van der Waals surface area contributed by atoms with Gasteiger partial charge in [0.2, 0.25) is 0 Å². The molecule has 0 spiro atoms. The number of nitrogens with one attached hydrogen (secondary N) is 2. The molecule has 2 rings (SSSR count). The summed E-state index contributed by atoms with van der Waals surface area (Å²) >= 11 is 1.60. The molecule has 0 saturated carbocycles. The Morgan fingerprint density at radius 3 is 2.74 bits per heavy atom. The number of ether oxygens (including phenoxy) is 1. The van der Waals surface area contributed by atoms with Gasteiger partial charge in [-0.25, -0.2) is 9.78 Å². The highest BCUT2D eigenvalue weighted by molar-refractivity contribution is 7.11. The Morgan fingerprint density at radius 2 is 2.04 bits per heavy atom. The van der Waals surface area contributed by atoms with Crippen LogP contribution in [0, 0.1) is 13.8 Å². The molecular weight excluding hydrogens is 310 g/mol. The molecule has 0 aliphatic rings. The number of aromatic nitrogens is 1. The Morgan fingerprint density at radius 1 is 1.30 bits per heavy atom. The lowest BCUT2D eigenvalue weighted by atomic mass is 10.2. The number of para-hydroxylation sites is 1. The molecule has 1 aromatic heterocycles. The Hall–Kier alpha value is -2.34. The summed E-state index contributed by atoms with van der Waals surface area (Å²) in [5.74, 6) is 0.752. The van der Waals surface area contributed by atoms with Gasteiger partial charge in [-0.1, -0.05) is 30.9 Å². The number of nitrogens with zero attached hydrogens (tertiary/aromatic N) is 1. The number of amides is 2. The highest BCUT2D eigenvalue weighted by atomic mass is 32.1. The minimum atomic E-state index is -0.214.